The molecule has 120 valence electrons. The first-order valence-electron chi connectivity index (χ1n) is 5.91. The van der Waals surface area contributed by atoms with Crippen LogP contribution in [0.5, 0.6) is 5.75 Å². The zero-order valence-corrected chi connectivity index (χ0v) is 12.6. The highest BCUT2D eigenvalue weighted by Crippen LogP contribution is 2.24. The number of nitrogens with two attached hydrogens (primary N) is 1. The minimum Gasteiger partial charge on any atom is -0.406 e. The van der Waals surface area contributed by atoms with Crippen LogP contribution >= 0.6 is 12.4 Å². The number of halogens is 4. The quantitative estimate of drug-likeness (QED) is 0.895. The van der Waals surface area contributed by atoms with Gasteiger partial charge in [0.25, 0.3) is 0 Å². The molecule has 3 N–H and O–H groups in total. The fourth-order valence-electron chi connectivity index (χ4n) is 1.35. The Bertz CT molecular complexity index is 470. The summed E-state index contributed by atoms with van der Waals surface area (Å²) in [6, 6.07) is 4.13. The Morgan fingerprint density at radius 3 is 2.05 bits per heavy atom. The van der Waals surface area contributed by atoms with Crippen molar-refractivity contribution in [3.8, 4) is 5.75 Å². The van der Waals surface area contributed by atoms with Crippen molar-refractivity contribution in [3.05, 3.63) is 24.3 Å². The number of amides is 1. The van der Waals surface area contributed by atoms with E-state index in [2.05, 4.69) is 10.1 Å². The number of benzene rings is 1. The van der Waals surface area contributed by atoms with E-state index in [4.69, 9.17) is 5.73 Å². The Morgan fingerprint density at radius 2 is 1.67 bits per heavy atom. The van der Waals surface area contributed by atoms with Crippen molar-refractivity contribution in [1.82, 2.24) is 0 Å². The van der Waals surface area contributed by atoms with E-state index in [0.717, 1.165) is 12.1 Å². The predicted octanol–water partition coefficient (Wildman–Crippen LogP) is 3.32. The Hall–Kier alpha value is -1.47. The zero-order valence-electron chi connectivity index (χ0n) is 11.8. The highest BCUT2D eigenvalue weighted by Gasteiger charge is 2.31. The maximum atomic E-state index is 12.0. The summed E-state index contributed by atoms with van der Waals surface area (Å²) >= 11 is 0. The second kappa shape index (κ2) is 7.00. The molecule has 0 saturated carbocycles. The molecule has 0 heterocycles. The molecule has 0 aromatic heterocycles. The van der Waals surface area contributed by atoms with Gasteiger partial charge in [-0.15, -0.1) is 25.6 Å². The number of hydrogen-bond donors (Lipinski definition) is 2. The van der Waals surface area contributed by atoms with E-state index in [1.807, 2.05) is 20.8 Å². The predicted molar refractivity (Wildman–Crippen MR) is 76.4 cm³/mol. The largest absolute Gasteiger partial charge is 0.573 e. The third-order valence-electron chi connectivity index (χ3n) is 2.57. The standard InChI is InChI=1S/C13H17F3N2O2.ClH/c1-12(2,3)10(17)11(19)18-8-4-6-9(7-5-8)20-13(14,15)16;/h4-7,10H,17H2,1-3H3,(H,18,19);1H/t10-;/m1./s1. The Balaban J connectivity index is 0.00000400. The van der Waals surface area contributed by atoms with E-state index < -0.39 is 23.7 Å². The number of anilines is 1. The first-order chi connectivity index (χ1) is 8.99. The fraction of sp³-hybridized carbons (Fsp3) is 0.462. The van der Waals surface area contributed by atoms with Gasteiger partial charge >= 0.3 is 6.36 Å². The van der Waals surface area contributed by atoms with Gasteiger partial charge in [-0.05, 0) is 29.7 Å². The Labute approximate surface area is 127 Å². The molecule has 1 amide bonds. The van der Waals surface area contributed by atoms with E-state index in [-0.39, 0.29) is 18.2 Å². The van der Waals surface area contributed by atoms with Crippen molar-refractivity contribution in [3.63, 3.8) is 0 Å². The first kappa shape index (κ1) is 19.5. The van der Waals surface area contributed by atoms with Crippen LogP contribution in [0, 0.1) is 5.41 Å². The monoisotopic (exact) mass is 326 g/mol. The topological polar surface area (TPSA) is 64.4 Å². The summed E-state index contributed by atoms with van der Waals surface area (Å²) in [5.74, 6) is -0.752. The molecular weight excluding hydrogens is 309 g/mol. The molecule has 1 rings (SSSR count). The van der Waals surface area contributed by atoms with Crippen LogP contribution in [-0.2, 0) is 4.79 Å². The molecule has 0 aliphatic heterocycles. The van der Waals surface area contributed by atoms with E-state index in [1.54, 1.807) is 0 Å². The van der Waals surface area contributed by atoms with Crippen molar-refractivity contribution in [2.75, 3.05) is 5.32 Å². The van der Waals surface area contributed by atoms with E-state index >= 15 is 0 Å². The van der Waals surface area contributed by atoms with Crippen LogP contribution in [0.15, 0.2) is 24.3 Å². The SMILES string of the molecule is CC(C)(C)[C@H](N)C(=O)Nc1ccc(OC(F)(F)F)cc1.Cl. The van der Waals surface area contributed by atoms with Gasteiger partial charge in [0.1, 0.15) is 5.75 Å². The number of carbonyl (C=O) groups excluding carboxylic acids is 1. The molecule has 1 aromatic rings. The minimum absolute atomic E-state index is 0. The summed E-state index contributed by atoms with van der Waals surface area (Å²) < 4.78 is 39.7. The molecule has 0 bridgehead atoms. The van der Waals surface area contributed by atoms with Crippen molar-refractivity contribution >= 4 is 24.0 Å². The van der Waals surface area contributed by atoms with Gasteiger partial charge in [0.05, 0.1) is 6.04 Å². The van der Waals surface area contributed by atoms with Crippen LogP contribution in [0.2, 0.25) is 0 Å². The number of rotatable bonds is 3. The summed E-state index contributed by atoms with van der Waals surface area (Å²) in [5.41, 5.74) is 5.71. The summed E-state index contributed by atoms with van der Waals surface area (Å²) in [4.78, 5) is 11.8. The van der Waals surface area contributed by atoms with Gasteiger partial charge in [0.2, 0.25) is 5.91 Å². The van der Waals surface area contributed by atoms with Crippen LogP contribution in [0.4, 0.5) is 18.9 Å². The summed E-state index contributed by atoms with van der Waals surface area (Å²) in [5, 5.41) is 2.54. The zero-order chi connectivity index (χ0) is 15.6. The lowest BCUT2D eigenvalue weighted by atomic mass is 9.87. The van der Waals surface area contributed by atoms with E-state index in [1.165, 1.54) is 12.1 Å². The summed E-state index contributed by atoms with van der Waals surface area (Å²) in [6.07, 6.45) is -4.74. The molecule has 4 nitrogen and oxygen atoms in total. The molecule has 0 unspecified atom stereocenters. The molecule has 0 spiro atoms. The molecule has 0 saturated heterocycles. The molecule has 8 heteroatoms. The number of hydrogen-bond acceptors (Lipinski definition) is 3. The third-order valence-corrected chi connectivity index (χ3v) is 2.57. The number of alkyl halides is 3. The third kappa shape index (κ3) is 6.68. The van der Waals surface area contributed by atoms with Gasteiger partial charge in [-0.1, -0.05) is 20.8 Å². The average Bonchev–Trinajstić information content (AvgIpc) is 2.27. The highest BCUT2D eigenvalue weighted by molar-refractivity contribution is 5.95. The van der Waals surface area contributed by atoms with Gasteiger partial charge in [0.15, 0.2) is 0 Å². The van der Waals surface area contributed by atoms with Gasteiger partial charge < -0.3 is 15.8 Å². The second-order valence-electron chi connectivity index (χ2n) is 5.41. The smallest absolute Gasteiger partial charge is 0.406 e. The van der Waals surface area contributed by atoms with Crippen LogP contribution in [0.25, 0.3) is 0 Å². The molecule has 1 atom stereocenters. The highest BCUT2D eigenvalue weighted by atomic mass is 35.5. The van der Waals surface area contributed by atoms with Crippen LogP contribution < -0.4 is 15.8 Å². The Morgan fingerprint density at radius 1 is 1.19 bits per heavy atom. The van der Waals surface area contributed by atoms with Crippen LogP contribution in [0.3, 0.4) is 0 Å². The minimum atomic E-state index is -4.74. The van der Waals surface area contributed by atoms with Crippen LogP contribution in [0.1, 0.15) is 20.8 Å². The van der Waals surface area contributed by atoms with Crippen molar-refractivity contribution in [2.45, 2.75) is 33.2 Å². The maximum Gasteiger partial charge on any atom is 0.573 e. The lowest BCUT2D eigenvalue weighted by molar-refractivity contribution is -0.274. The summed E-state index contributed by atoms with van der Waals surface area (Å²) in [6.45, 7) is 5.45. The lowest BCUT2D eigenvalue weighted by Gasteiger charge is -2.25. The summed E-state index contributed by atoms with van der Waals surface area (Å²) in [7, 11) is 0. The number of ether oxygens (including phenoxy) is 1. The van der Waals surface area contributed by atoms with Gasteiger partial charge in [-0.2, -0.15) is 0 Å². The van der Waals surface area contributed by atoms with Gasteiger partial charge in [-0.3, -0.25) is 4.79 Å². The molecule has 0 aliphatic carbocycles. The molecule has 0 aliphatic rings. The average molecular weight is 327 g/mol. The van der Waals surface area contributed by atoms with E-state index in [9.17, 15) is 18.0 Å². The molecule has 21 heavy (non-hydrogen) atoms. The van der Waals surface area contributed by atoms with Crippen molar-refractivity contribution in [1.29, 1.82) is 0 Å². The van der Waals surface area contributed by atoms with Gasteiger partial charge in [0, 0.05) is 5.69 Å². The number of carbonyl (C=O) groups is 1. The molecule has 0 radical (unpaired) electrons. The van der Waals surface area contributed by atoms with E-state index in [0.29, 0.717) is 5.69 Å². The normalized spacial score (nSPS) is 13.1. The fourth-order valence-corrected chi connectivity index (χ4v) is 1.35. The Kier molecular flexibility index (Phi) is 6.51. The first-order valence-corrected chi connectivity index (χ1v) is 5.91. The van der Waals surface area contributed by atoms with Crippen molar-refractivity contribution < 1.29 is 22.7 Å². The molecule has 1 aromatic carbocycles. The molecular formula is C13H18ClF3N2O2. The van der Waals surface area contributed by atoms with Crippen molar-refractivity contribution in [2.24, 2.45) is 11.1 Å². The lowest BCUT2D eigenvalue weighted by Crippen LogP contribution is -2.45. The second-order valence-corrected chi connectivity index (χ2v) is 5.41. The number of nitrogens with one attached hydrogen (secondary N) is 1. The maximum absolute atomic E-state index is 12.0. The van der Waals surface area contributed by atoms with Crippen LogP contribution in [-0.4, -0.2) is 18.3 Å². The van der Waals surface area contributed by atoms with Gasteiger partial charge in [-0.25, -0.2) is 0 Å². The molecule has 0 fully saturated rings.